The molecule has 130 valence electrons. The first-order valence-corrected chi connectivity index (χ1v) is 8.37. The molecule has 0 aromatic heterocycles. The van der Waals surface area contributed by atoms with E-state index in [0.717, 1.165) is 16.9 Å². The summed E-state index contributed by atoms with van der Waals surface area (Å²) in [6, 6.07) is 17.3. The van der Waals surface area contributed by atoms with Crippen molar-refractivity contribution in [1.29, 1.82) is 0 Å². The highest BCUT2D eigenvalue weighted by molar-refractivity contribution is 6.57. The van der Waals surface area contributed by atoms with Crippen molar-refractivity contribution in [2.24, 2.45) is 0 Å². The average molecular weight is 337 g/mol. The van der Waals surface area contributed by atoms with Gasteiger partial charge in [0.15, 0.2) is 5.81 Å². The van der Waals surface area contributed by atoms with Gasteiger partial charge in [0.1, 0.15) is 5.75 Å². The molecule has 0 saturated carbocycles. The van der Waals surface area contributed by atoms with Crippen molar-refractivity contribution >= 4 is 13.7 Å². The average Bonchev–Trinajstić information content (AvgIpc) is 2.62. The Bertz CT molecular complexity index is 686. The molecule has 2 atom stereocenters. The molecule has 25 heavy (non-hydrogen) atoms. The molecule has 0 aliphatic heterocycles. The van der Waals surface area contributed by atoms with E-state index in [4.69, 9.17) is 4.74 Å². The second-order valence-electron chi connectivity index (χ2n) is 5.97. The number of aliphatic hydroxyl groups excluding tert-OH is 1. The number of methoxy groups -OCH3 is 1. The van der Waals surface area contributed by atoms with E-state index in [0.29, 0.717) is 12.8 Å². The highest BCUT2D eigenvalue weighted by atomic mass is 16.5. The number of benzene rings is 2. The minimum Gasteiger partial charge on any atom is -0.497 e. The van der Waals surface area contributed by atoms with Gasteiger partial charge in [-0.2, -0.15) is 0 Å². The van der Waals surface area contributed by atoms with Gasteiger partial charge in [0, 0.05) is 0 Å². The lowest BCUT2D eigenvalue weighted by atomic mass is 9.98. The van der Waals surface area contributed by atoms with Crippen LogP contribution in [0.25, 0.3) is 0 Å². The predicted octanol–water partition coefficient (Wildman–Crippen LogP) is 2.11. The van der Waals surface area contributed by atoms with Crippen molar-refractivity contribution < 1.29 is 14.6 Å². The monoisotopic (exact) mass is 337 g/mol. The highest BCUT2D eigenvalue weighted by Gasteiger charge is 2.18. The van der Waals surface area contributed by atoms with Crippen molar-refractivity contribution in [2.45, 2.75) is 25.0 Å². The molecule has 2 rings (SSSR count). The Hall–Kier alpha value is -2.53. The maximum absolute atomic E-state index is 11.4. The molecule has 0 spiro atoms. The molecule has 0 aliphatic rings. The van der Waals surface area contributed by atoms with Crippen LogP contribution >= 0.6 is 0 Å². The van der Waals surface area contributed by atoms with Gasteiger partial charge in [0.05, 0.1) is 19.3 Å². The third-order valence-corrected chi connectivity index (χ3v) is 3.95. The number of ether oxygens (including phenoxy) is 1. The number of hydrogen-bond acceptors (Lipinski definition) is 3. The van der Waals surface area contributed by atoms with Gasteiger partial charge < -0.3 is 15.2 Å². The SMILES string of the molecule is BC(=O)N[C@H](Cc1ccccc1)[C@H](O)/C=C/Cc1ccc(OC)cc1. The number of carbonyl (C=O) groups excluding carboxylic acids is 1. The lowest BCUT2D eigenvalue weighted by molar-refractivity contribution is 0.173. The fourth-order valence-electron chi connectivity index (χ4n) is 2.63. The third kappa shape index (κ3) is 6.47. The van der Waals surface area contributed by atoms with Gasteiger partial charge in [-0.3, -0.25) is 4.79 Å². The first-order chi connectivity index (χ1) is 12.1. The zero-order chi connectivity index (χ0) is 18.1. The molecule has 4 nitrogen and oxygen atoms in total. The molecule has 2 aromatic rings. The molecule has 0 unspecified atom stereocenters. The number of carbonyl (C=O) groups is 1. The summed E-state index contributed by atoms with van der Waals surface area (Å²) in [4.78, 5) is 11.4. The van der Waals surface area contributed by atoms with Crippen molar-refractivity contribution in [3.8, 4) is 5.75 Å². The van der Waals surface area contributed by atoms with Gasteiger partial charge in [0.25, 0.3) is 0 Å². The molecule has 0 radical (unpaired) electrons. The van der Waals surface area contributed by atoms with Crippen molar-refractivity contribution in [1.82, 2.24) is 5.32 Å². The number of aliphatic hydroxyl groups is 1. The van der Waals surface area contributed by atoms with E-state index in [9.17, 15) is 9.90 Å². The lowest BCUT2D eigenvalue weighted by Crippen LogP contribution is -2.43. The lowest BCUT2D eigenvalue weighted by Gasteiger charge is -2.22. The van der Waals surface area contributed by atoms with Gasteiger partial charge in [-0.15, -0.1) is 0 Å². The van der Waals surface area contributed by atoms with Crippen LogP contribution in [0.15, 0.2) is 66.7 Å². The van der Waals surface area contributed by atoms with Crippen LogP contribution in [0.3, 0.4) is 0 Å². The third-order valence-electron chi connectivity index (χ3n) is 3.95. The largest absolute Gasteiger partial charge is 0.497 e. The zero-order valence-electron chi connectivity index (χ0n) is 14.7. The van der Waals surface area contributed by atoms with Crippen LogP contribution in [-0.4, -0.2) is 38.0 Å². The van der Waals surface area contributed by atoms with E-state index in [-0.39, 0.29) is 11.8 Å². The maximum Gasteiger partial charge on any atom is 0.215 e. The molecule has 0 aliphatic carbocycles. The van der Waals surface area contributed by atoms with Crippen LogP contribution in [0, 0.1) is 0 Å². The highest BCUT2D eigenvalue weighted by Crippen LogP contribution is 2.12. The van der Waals surface area contributed by atoms with Crippen molar-refractivity contribution in [3.63, 3.8) is 0 Å². The molecule has 2 aromatic carbocycles. The summed E-state index contributed by atoms with van der Waals surface area (Å²) in [6.45, 7) is 0. The Labute approximate surface area is 149 Å². The summed E-state index contributed by atoms with van der Waals surface area (Å²) >= 11 is 0. The van der Waals surface area contributed by atoms with E-state index in [1.807, 2.05) is 60.7 Å². The van der Waals surface area contributed by atoms with E-state index in [1.165, 1.54) is 7.85 Å². The number of nitrogens with one attached hydrogen (secondary N) is 1. The number of allylic oxidation sites excluding steroid dienone is 1. The van der Waals surface area contributed by atoms with Crippen LogP contribution < -0.4 is 10.1 Å². The van der Waals surface area contributed by atoms with Gasteiger partial charge in [-0.25, -0.2) is 0 Å². The van der Waals surface area contributed by atoms with Crippen LogP contribution in [0.5, 0.6) is 5.75 Å². The summed E-state index contributed by atoms with van der Waals surface area (Å²) in [6.07, 6.45) is 4.20. The standard InChI is InChI=1S/C20H24BNO3/c1-25-17-12-10-15(11-13-17)8-5-9-19(23)18(22-20(21)24)14-16-6-3-2-4-7-16/h2-7,9-13,18-19,23H,8,14,21H2,1H3,(H,22,24)/b9-5+/t18-,19-/m1/s1. The zero-order valence-corrected chi connectivity index (χ0v) is 14.7. The van der Waals surface area contributed by atoms with Crippen molar-refractivity contribution in [3.05, 3.63) is 77.9 Å². The van der Waals surface area contributed by atoms with Gasteiger partial charge >= 0.3 is 0 Å². The predicted molar refractivity (Wildman–Crippen MR) is 103 cm³/mol. The molecular weight excluding hydrogens is 313 g/mol. The molecule has 5 heteroatoms. The second kappa shape index (κ2) is 9.69. The summed E-state index contributed by atoms with van der Waals surface area (Å²) in [5.74, 6) is 0.671. The second-order valence-corrected chi connectivity index (χ2v) is 5.97. The molecule has 2 N–H and O–H groups in total. The number of rotatable bonds is 8. The Morgan fingerprint density at radius 1 is 1.16 bits per heavy atom. The summed E-state index contributed by atoms with van der Waals surface area (Å²) in [7, 11) is 3.10. The number of amides is 1. The Kier molecular flexibility index (Phi) is 7.29. The van der Waals surface area contributed by atoms with E-state index < -0.39 is 6.10 Å². The Morgan fingerprint density at radius 2 is 1.84 bits per heavy atom. The van der Waals surface area contributed by atoms with Gasteiger partial charge in [0.2, 0.25) is 7.85 Å². The van der Waals surface area contributed by atoms with E-state index >= 15 is 0 Å². The summed E-state index contributed by atoms with van der Waals surface area (Å²) in [5.41, 5.74) is 2.20. The number of hydrogen-bond donors (Lipinski definition) is 2. The normalized spacial score (nSPS) is 13.4. The molecule has 1 amide bonds. The summed E-state index contributed by atoms with van der Waals surface area (Å²) in [5, 5.41) is 13.3. The first-order valence-electron chi connectivity index (χ1n) is 8.37. The van der Waals surface area contributed by atoms with Crippen molar-refractivity contribution in [2.75, 3.05) is 7.11 Å². The minimum absolute atomic E-state index is 0.150. The maximum atomic E-state index is 11.4. The topological polar surface area (TPSA) is 58.6 Å². The Balaban J connectivity index is 1.97. The van der Waals surface area contributed by atoms with E-state index in [1.54, 1.807) is 13.2 Å². The quantitative estimate of drug-likeness (QED) is 0.573. The molecule has 0 saturated heterocycles. The smallest absolute Gasteiger partial charge is 0.215 e. The molecular formula is C20H24BNO3. The van der Waals surface area contributed by atoms with Gasteiger partial charge in [-0.05, 0) is 36.1 Å². The summed E-state index contributed by atoms with van der Waals surface area (Å²) < 4.78 is 5.14. The molecule has 0 bridgehead atoms. The van der Waals surface area contributed by atoms with Crippen LogP contribution in [0.4, 0.5) is 4.79 Å². The van der Waals surface area contributed by atoms with Gasteiger partial charge in [-0.1, -0.05) is 54.6 Å². The molecule has 0 heterocycles. The van der Waals surface area contributed by atoms with Crippen LogP contribution in [0.2, 0.25) is 0 Å². The fraction of sp³-hybridized carbons (Fsp3) is 0.250. The molecule has 0 fully saturated rings. The van der Waals surface area contributed by atoms with Crippen LogP contribution in [0.1, 0.15) is 11.1 Å². The minimum atomic E-state index is -0.748. The fourth-order valence-corrected chi connectivity index (χ4v) is 2.63. The van der Waals surface area contributed by atoms with E-state index in [2.05, 4.69) is 5.32 Å². The Morgan fingerprint density at radius 3 is 2.44 bits per heavy atom. The van der Waals surface area contributed by atoms with Crippen LogP contribution in [-0.2, 0) is 12.8 Å². The first kappa shape index (κ1) is 18.8.